The number of benzene rings is 2. The summed E-state index contributed by atoms with van der Waals surface area (Å²) in [6.07, 6.45) is 0. The van der Waals surface area contributed by atoms with Gasteiger partial charge in [0.15, 0.2) is 0 Å². The SMILES string of the molecule is CC(C)NC(=O)c1cc([N+](=O)[O-])ccc1Sc1ccccc1F. The fourth-order valence-corrected chi connectivity index (χ4v) is 2.83. The standard InChI is InChI=1S/C16H15FN2O3S/c1-10(2)18-16(20)12-9-11(19(21)22)7-8-14(12)23-15-6-4-3-5-13(15)17/h3-10H,1-2H3,(H,18,20). The van der Waals surface area contributed by atoms with Crippen molar-refractivity contribution in [2.24, 2.45) is 0 Å². The van der Waals surface area contributed by atoms with Crippen LogP contribution >= 0.6 is 11.8 Å². The topological polar surface area (TPSA) is 72.2 Å². The van der Waals surface area contributed by atoms with Gasteiger partial charge in [0.25, 0.3) is 11.6 Å². The molecule has 7 heteroatoms. The molecule has 120 valence electrons. The first-order valence-corrected chi connectivity index (χ1v) is 7.72. The number of carbonyl (C=O) groups is 1. The van der Waals surface area contributed by atoms with Crippen molar-refractivity contribution in [3.05, 3.63) is 64.0 Å². The molecule has 0 spiro atoms. The normalized spacial score (nSPS) is 10.6. The number of nitro groups is 1. The molecule has 2 rings (SSSR count). The molecule has 2 aromatic carbocycles. The van der Waals surface area contributed by atoms with Crippen LogP contribution in [0.1, 0.15) is 24.2 Å². The summed E-state index contributed by atoms with van der Waals surface area (Å²) >= 11 is 1.06. The van der Waals surface area contributed by atoms with Gasteiger partial charge in [-0.3, -0.25) is 14.9 Å². The monoisotopic (exact) mass is 334 g/mol. The van der Waals surface area contributed by atoms with Gasteiger partial charge in [-0.15, -0.1) is 0 Å². The van der Waals surface area contributed by atoms with E-state index in [0.29, 0.717) is 9.79 Å². The van der Waals surface area contributed by atoms with Gasteiger partial charge in [-0.05, 0) is 32.0 Å². The van der Waals surface area contributed by atoms with Crippen molar-refractivity contribution in [1.82, 2.24) is 5.32 Å². The molecule has 5 nitrogen and oxygen atoms in total. The van der Waals surface area contributed by atoms with Crippen LogP contribution in [-0.4, -0.2) is 16.9 Å². The highest BCUT2D eigenvalue weighted by atomic mass is 32.2. The summed E-state index contributed by atoms with van der Waals surface area (Å²) < 4.78 is 13.8. The minimum atomic E-state index is -0.566. The Balaban J connectivity index is 2.43. The molecule has 1 amide bonds. The second-order valence-corrected chi connectivity index (χ2v) is 6.18. The number of non-ortho nitro benzene ring substituents is 1. The zero-order chi connectivity index (χ0) is 17.0. The van der Waals surface area contributed by atoms with E-state index in [1.54, 1.807) is 32.0 Å². The Kier molecular flexibility index (Phi) is 5.33. The second kappa shape index (κ2) is 7.23. The Morgan fingerprint density at radius 2 is 1.91 bits per heavy atom. The van der Waals surface area contributed by atoms with Crippen LogP contribution in [0.5, 0.6) is 0 Å². The third-order valence-electron chi connectivity index (χ3n) is 2.89. The van der Waals surface area contributed by atoms with Gasteiger partial charge in [-0.1, -0.05) is 23.9 Å². The molecule has 2 aromatic rings. The average molecular weight is 334 g/mol. The summed E-state index contributed by atoms with van der Waals surface area (Å²) in [6.45, 7) is 3.58. The third kappa shape index (κ3) is 4.29. The Bertz CT molecular complexity index is 750. The van der Waals surface area contributed by atoms with Gasteiger partial charge in [0, 0.05) is 28.0 Å². The molecule has 0 aliphatic rings. The summed E-state index contributed by atoms with van der Waals surface area (Å²) in [7, 11) is 0. The highest BCUT2D eigenvalue weighted by Gasteiger charge is 2.19. The molecule has 0 bridgehead atoms. The molecule has 0 unspecified atom stereocenters. The predicted molar refractivity (Wildman–Crippen MR) is 86.2 cm³/mol. The molecule has 0 saturated heterocycles. The summed E-state index contributed by atoms with van der Waals surface area (Å²) in [5, 5.41) is 13.6. The first kappa shape index (κ1) is 17.0. The number of rotatable bonds is 5. The van der Waals surface area contributed by atoms with E-state index in [9.17, 15) is 19.3 Å². The van der Waals surface area contributed by atoms with E-state index in [-0.39, 0.29) is 17.3 Å². The van der Waals surface area contributed by atoms with Crippen LogP contribution in [0.4, 0.5) is 10.1 Å². The largest absolute Gasteiger partial charge is 0.350 e. The second-order valence-electron chi connectivity index (χ2n) is 5.10. The first-order chi connectivity index (χ1) is 10.9. The van der Waals surface area contributed by atoms with Gasteiger partial charge in [-0.25, -0.2) is 4.39 Å². The number of nitrogens with one attached hydrogen (secondary N) is 1. The number of halogens is 1. The Hall–Kier alpha value is -2.41. The van der Waals surface area contributed by atoms with E-state index in [0.717, 1.165) is 11.8 Å². The smallest absolute Gasteiger partial charge is 0.270 e. The summed E-state index contributed by atoms with van der Waals surface area (Å²) in [6, 6.07) is 10.0. The van der Waals surface area contributed by atoms with Crippen molar-refractivity contribution in [3.63, 3.8) is 0 Å². The maximum atomic E-state index is 13.8. The zero-order valence-corrected chi connectivity index (χ0v) is 13.4. The van der Waals surface area contributed by atoms with E-state index in [4.69, 9.17) is 0 Å². The zero-order valence-electron chi connectivity index (χ0n) is 12.6. The van der Waals surface area contributed by atoms with E-state index < -0.39 is 16.6 Å². The number of hydrogen-bond donors (Lipinski definition) is 1. The van der Waals surface area contributed by atoms with Crippen LogP contribution in [0.2, 0.25) is 0 Å². The van der Waals surface area contributed by atoms with Gasteiger partial charge in [0.1, 0.15) is 5.82 Å². The Morgan fingerprint density at radius 1 is 1.22 bits per heavy atom. The molecule has 0 radical (unpaired) electrons. The molecule has 23 heavy (non-hydrogen) atoms. The highest BCUT2D eigenvalue weighted by Crippen LogP contribution is 2.34. The highest BCUT2D eigenvalue weighted by molar-refractivity contribution is 7.99. The van der Waals surface area contributed by atoms with Crippen molar-refractivity contribution in [1.29, 1.82) is 0 Å². The van der Waals surface area contributed by atoms with Crippen molar-refractivity contribution < 1.29 is 14.1 Å². The maximum Gasteiger partial charge on any atom is 0.270 e. The molecule has 0 fully saturated rings. The van der Waals surface area contributed by atoms with Crippen molar-refractivity contribution in [3.8, 4) is 0 Å². The molecular formula is C16H15FN2O3S. The minimum Gasteiger partial charge on any atom is -0.350 e. The van der Waals surface area contributed by atoms with E-state index in [2.05, 4.69) is 5.32 Å². The van der Waals surface area contributed by atoms with Gasteiger partial charge in [0.05, 0.1) is 10.5 Å². The van der Waals surface area contributed by atoms with E-state index in [1.165, 1.54) is 24.3 Å². The lowest BCUT2D eigenvalue weighted by molar-refractivity contribution is -0.384. The Labute approximate surface area is 137 Å². The van der Waals surface area contributed by atoms with Crippen LogP contribution < -0.4 is 5.32 Å². The maximum absolute atomic E-state index is 13.8. The van der Waals surface area contributed by atoms with Crippen LogP contribution in [0.25, 0.3) is 0 Å². The minimum absolute atomic E-state index is 0.118. The predicted octanol–water partition coefficient (Wildman–Crippen LogP) is 4.02. The Morgan fingerprint density at radius 3 is 2.52 bits per heavy atom. The fraction of sp³-hybridized carbons (Fsp3) is 0.188. The molecule has 1 N–H and O–H groups in total. The number of carbonyl (C=O) groups excluding carboxylic acids is 1. The van der Waals surface area contributed by atoms with Gasteiger partial charge in [0.2, 0.25) is 0 Å². The lowest BCUT2D eigenvalue weighted by atomic mass is 10.2. The summed E-state index contributed by atoms with van der Waals surface area (Å²) in [5.74, 6) is -0.839. The van der Waals surface area contributed by atoms with Gasteiger partial charge >= 0.3 is 0 Å². The molecule has 0 aromatic heterocycles. The molecule has 0 aliphatic carbocycles. The third-order valence-corrected chi connectivity index (χ3v) is 4.02. The molecule has 0 atom stereocenters. The number of nitro benzene ring substituents is 1. The lowest BCUT2D eigenvalue weighted by Gasteiger charge is -2.12. The van der Waals surface area contributed by atoms with E-state index >= 15 is 0 Å². The van der Waals surface area contributed by atoms with E-state index in [1.807, 2.05) is 0 Å². The quantitative estimate of drug-likeness (QED) is 0.662. The summed E-state index contributed by atoms with van der Waals surface area (Å²) in [5.41, 5.74) is -0.0297. The van der Waals surface area contributed by atoms with Gasteiger partial charge < -0.3 is 5.32 Å². The van der Waals surface area contributed by atoms with Crippen molar-refractivity contribution in [2.75, 3.05) is 0 Å². The van der Waals surface area contributed by atoms with Gasteiger partial charge in [-0.2, -0.15) is 0 Å². The first-order valence-electron chi connectivity index (χ1n) is 6.90. The molecule has 0 aliphatic heterocycles. The molecular weight excluding hydrogens is 319 g/mol. The van der Waals surface area contributed by atoms with Crippen LogP contribution in [0, 0.1) is 15.9 Å². The molecule has 0 heterocycles. The number of hydrogen-bond acceptors (Lipinski definition) is 4. The van der Waals surface area contributed by atoms with Crippen LogP contribution in [0.3, 0.4) is 0 Å². The average Bonchev–Trinajstić information content (AvgIpc) is 2.49. The number of nitrogens with zero attached hydrogens (tertiary/aromatic N) is 1. The number of amides is 1. The lowest BCUT2D eigenvalue weighted by Crippen LogP contribution is -2.30. The van der Waals surface area contributed by atoms with Crippen molar-refractivity contribution >= 4 is 23.4 Å². The molecule has 0 saturated carbocycles. The van der Waals surface area contributed by atoms with Crippen LogP contribution in [0.15, 0.2) is 52.3 Å². The summed E-state index contributed by atoms with van der Waals surface area (Å²) in [4.78, 5) is 23.5. The van der Waals surface area contributed by atoms with Crippen molar-refractivity contribution in [2.45, 2.75) is 29.7 Å². The van der Waals surface area contributed by atoms with Crippen LogP contribution in [-0.2, 0) is 0 Å². The fourth-order valence-electron chi connectivity index (χ4n) is 1.88.